The molecule has 3 N–H and O–H groups in total. The molecule has 1 amide bonds. The molecule has 0 spiro atoms. The van der Waals surface area contributed by atoms with Crippen molar-refractivity contribution in [3.63, 3.8) is 0 Å². The number of ether oxygens (including phenoxy) is 1. The van der Waals surface area contributed by atoms with Gasteiger partial charge in [0.15, 0.2) is 0 Å². The van der Waals surface area contributed by atoms with Gasteiger partial charge in [0.2, 0.25) is 5.91 Å². The van der Waals surface area contributed by atoms with Gasteiger partial charge in [-0.2, -0.15) is 0 Å². The summed E-state index contributed by atoms with van der Waals surface area (Å²) in [4.78, 5) is 36.7. The third-order valence-electron chi connectivity index (χ3n) is 5.22. The van der Waals surface area contributed by atoms with Crippen LogP contribution in [-0.2, 0) is 22.4 Å². The summed E-state index contributed by atoms with van der Waals surface area (Å²) in [6.07, 6.45) is -0.278. The first kappa shape index (κ1) is 21.9. The van der Waals surface area contributed by atoms with Crippen LogP contribution in [0.25, 0.3) is 11.0 Å². The highest BCUT2D eigenvalue weighted by Gasteiger charge is 2.23. The van der Waals surface area contributed by atoms with Gasteiger partial charge < -0.3 is 24.7 Å². The second-order valence-corrected chi connectivity index (χ2v) is 7.27. The Kier molecular flexibility index (Phi) is 6.29. The third kappa shape index (κ3) is 4.69. The van der Waals surface area contributed by atoms with Gasteiger partial charge in [-0.25, -0.2) is 9.59 Å². The number of carboxylic acid groups (broad SMARTS) is 1. The van der Waals surface area contributed by atoms with Gasteiger partial charge in [0, 0.05) is 17.4 Å². The molecule has 8 nitrogen and oxygen atoms in total. The molecule has 0 fully saturated rings. The van der Waals surface area contributed by atoms with Crippen LogP contribution in [-0.4, -0.2) is 35.2 Å². The first-order valence-electron chi connectivity index (χ1n) is 9.61. The van der Waals surface area contributed by atoms with Crippen LogP contribution in [0.4, 0.5) is 0 Å². The van der Waals surface area contributed by atoms with Crippen LogP contribution in [0.2, 0.25) is 0 Å². The number of aliphatic carboxylic acids is 1. The number of carbonyl (C=O) groups excluding carboxylic acids is 1. The number of carbonyl (C=O) groups is 2. The van der Waals surface area contributed by atoms with Gasteiger partial charge in [-0.05, 0) is 49.2 Å². The molecular weight excluding hydrogens is 402 g/mol. The number of carboxylic acids is 1. The molecule has 0 saturated carbocycles. The van der Waals surface area contributed by atoms with Crippen LogP contribution >= 0.6 is 0 Å². The molecular formula is C23H23NO7. The number of aryl methyl sites for hydroxylation is 2. The zero-order chi connectivity index (χ0) is 22.7. The second-order valence-electron chi connectivity index (χ2n) is 7.27. The number of benzene rings is 2. The number of amides is 1. The fraction of sp³-hybridized carbons (Fsp3) is 0.261. The Labute approximate surface area is 178 Å². The van der Waals surface area contributed by atoms with E-state index in [2.05, 4.69) is 5.32 Å². The summed E-state index contributed by atoms with van der Waals surface area (Å²) in [5.74, 6) is -1.16. The zero-order valence-corrected chi connectivity index (χ0v) is 17.4. The van der Waals surface area contributed by atoms with Gasteiger partial charge in [0.05, 0.1) is 19.1 Å². The predicted molar refractivity (Wildman–Crippen MR) is 114 cm³/mol. The maximum atomic E-state index is 12.6. The van der Waals surface area contributed by atoms with Gasteiger partial charge >= 0.3 is 11.6 Å². The van der Waals surface area contributed by atoms with E-state index < -0.39 is 23.5 Å². The van der Waals surface area contributed by atoms with E-state index in [4.69, 9.17) is 9.15 Å². The number of hydrogen-bond donors (Lipinski definition) is 3. The van der Waals surface area contributed by atoms with E-state index >= 15 is 0 Å². The Balaban J connectivity index is 1.83. The predicted octanol–water partition coefficient (Wildman–Crippen LogP) is 2.48. The number of hydrogen-bond acceptors (Lipinski definition) is 6. The average Bonchev–Trinajstić information content (AvgIpc) is 2.73. The van der Waals surface area contributed by atoms with E-state index in [9.17, 15) is 24.6 Å². The minimum absolute atomic E-state index is 0.0334. The Morgan fingerprint density at radius 1 is 1.10 bits per heavy atom. The zero-order valence-electron chi connectivity index (χ0n) is 17.4. The van der Waals surface area contributed by atoms with Crippen molar-refractivity contribution in [3.8, 4) is 11.5 Å². The standard InChI is InChI=1S/C23H23NO7/c1-12-16-8-9-19(30-3)13(2)21(16)31-23(29)17(12)11-20(26)24-18(22(27)28)10-14-4-6-15(25)7-5-14/h4-9,18,25H,10-11H2,1-3H3,(H,24,26)(H,27,28). The molecule has 0 saturated heterocycles. The Hall–Kier alpha value is -3.81. The molecule has 1 unspecified atom stereocenters. The molecule has 1 aromatic heterocycles. The molecule has 2 aromatic carbocycles. The highest BCUT2D eigenvalue weighted by atomic mass is 16.5. The molecule has 0 bridgehead atoms. The van der Waals surface area contributed by atoms with Crippen LogP contribution in [0, 0.1) is 13.8 Å². The second kappa shape index (κ2) is 8.91. The fourth-order valence-corrected chi connectivity index (χ4v) is 3.47. The molecule has 8 heteroatoms. The van der Waals surface area contributed by atoms with Gasteiger partial charge in [-0.1, -0.05) is 12.1 Å². The molecule has 0 aliphatic rings. The van der Waals surface area contributed by atoms with Gasteiger partial charge in [0.25, 0.3) is 0 Å². The van der Waals surface area contributed by atoms with Crippen LogP contribution < -0.4 is 15.7 Å². The van der Waals surface area contributed by atoms with Crippen molar-refractivity contribution in [3.05, 3.63) is 69.1 Å². The lowest BCUT2D eigenvalue weighted by Crippen LogP contribution is -2.43. The minimum atomic E-state index is -1.20. The number of aromatic hydroxyl groups is 1. The Morgan fingerprint density at radius 3 is 2.39 bits per heavy atom. The molecule has 162 valence electrons. The summed E-state index contributed by atoms with van der Waals surface area (Å²) in [6.45, 7) is 3.50. The van der Waals surface area contributed by atoms with E-state index in [0.717, 1.165) is 0 Å². The van der Waals surface area contributed by atoms with E-state index in [1.807, 2.05) is 0 Å². The monoisotopic (exact) mass is 425 g/mol. The summed E-state index contributed by atoms with van der Waals surface area (Å²) in [5.41, 5.74) is 1.82. The van der Waals surface area contributed by atoms with Crippen molar-refractivity contribution in [2.75, 3.05) is 7.11 Å². The molecule has 0 aliphatic carbocycles. The Bertz CT molecular complexity index is 1200. The summed E-state index contributed by atoms with van der Waals surface area (Å²) in [7, 11) is 1.52. The summed E-state index contributed by atoms with van der Waals surface area (Å²) < 4.78 is 10.7. The molecule has 0 aliphatic heterocycles. The van der Waals surface area contributed by atoms with E-state index in [1.165, 1.54) is 19.2 Å². The van der Waals surface area contributed by atoms with Crippen LogP contribution in [0.1, 0.15) is 22.3 Å². The lowest BCUT2D eigenvalue weighted by Gasteiger charge is -2.16. The SMILES string of the molecule is COc1ccc2c(C)c(CC(=O)NC(Cc3ccc(O)cc3)C(=O)O)c(=O)oc2c1C. The topological polar surface area (TPSA) is 126 Å². The summed E-state index contributed by atoms with van der Waals surface area (Å²) in [5, 5.41) is 22.0. The van der Waals surface area contributed by atoms with E-state index in [1.54, 1.807) is 38.1 Å². The quantitative estimate of drug-likeness (QED) is 0.497. The first-order chi connectivity index (χ1) is 14.7. The van der Waals surface area contributed by atoms with Crippen molar-refractivity contribution in [1.82, 2.24) is 5.32 Å². The lowest BCUT2D eigenvalue weighted by molar-refractivity contribution is -0.141. The largest absolute Gasteiger partial charge is 0.508 e. The average molecular weight is 425 g/mol. The molecule has 3 aromatic rings. The number of fused-ring (bicyclic) bond motifs is 1. The lowest BCUT2D eigenvalue weighted by atomic mass is 10.0. The third-order valence-corrected chi connectivity index (χ3v) is 5.22. The van der Waals surface area contributed by atoms with Gasteiger partial charge in [-0.15, -0.1) is 0 Å². The first-order valence-corrected chi connectivity index (χ1v) is 9.61. The smallest absolute Gasteiger partial charge is 0.340 e. The maximum absolute atomic E-state index is 12.6. The fourth-order valence-electron chi connectivity index (χ4n) is 3.47. The number of rotatable bonds is 7. The summed E-state index contributed by atoms with van der Waals surface area (Å²) in [6, 6.07) is 8.37. The number of phenolic OH excluding ortho intramolecular Hbond substituents is 1. The highest BCUT2D eigenvalue weighted by molar-refractivity contribution is 5.89. The molecule has 31 heavy (non-hydrogen) atoms. The van der Waals surface area contributed by atoms with E-state index in [-0.39, 0.29) is 24.2 Å². The van der Waals surface area contributed by atoms with Crippen LogP contribution in [0.3, 0.4) is 0 Å². The molecule has 1 heterocycles. The van der Waals surface area contributed by atoms with Crippen LogP contribution in [0.15, 0.2) is 45.6 Å². The normalized spacial score (nSPS) is 11.8. The highest BCUT2D eigenvalue weighted by Crippen LogP contribution is 2.29. The molecule has 1 atom stereocenters. The number of nitrogens with one attached hydrogen (secondary N) is 1. The van der Waals surface area contributed by atoms with Crippen LogP contribution in [0.5, 0.6) is 11.5 Å². The summed E-state index contributed by atoms with van der Waals surface area (Å²) >= 11 is 0. The number of phenols is 1. The van der Waals surface area contributed by atoms with Crippen molar-refractivity contribution in [2.45, 2.75) is 32.7 Å². The van der Waals surface area contributed by atoms with Crippen molar-refractivity contribution in [2.24, 2.45) is 0 Å². The van der Waals surface area contributed by atoms with Gasteiger partial charge in [-0.3, -0.25) is 4.79 Å². The number of methoxy groups -OCH3 is 1. The van der Waals surface area contributed by atoms with Gasteiger partial charge in [0.1, 0.15) is 23.1 Å². The Morgan fingerprint density at radius 2 is 1.77 bits per heavy atom. The molecule has 0 radical (unpaired) electrons. The minimum Gasteiger partial charge on any atom is -0.508 e. The van der Waals surface area contributed by atoms with Crippen molar-refractivity contribution in [1.29, 1.82) is 0 Å². The van der Waals surface area contributed by atoms with Crippen molar-refractivity contribution >= 4 is 22.8 Å². The molecule has 3 rings (SSSR count). The van der Waals surface area contributed by atoms with E-state index in [0.29, 0.717) is 33.4 Å². The van der Waals surface area contributed by atoms with Crippen molar-refractivity contribution < 1.29 is 29.0 Å². The maximum Gasteiger partial charge on any atom is 0.340 e.